The van der Waals surface area contributed by atoms with Gasteiger partial charge in [0.05, 0.1) is 14.2 Å². The van der Waals surface area contributed by atoms with Crippen molar-refractivity contribution in [1.82, 2.24) is 10.6 Å². The molecular weight excluding hydrogens is 404 g/mol. The van der Waals surface area contributed by atoms with Gasteiger partial charge in [0.1, 0.15) is 17.2 Å². The molecule has 0 fully saturated rings. The Hall–Kier alpha value is -3.80. The number of hydrogen-bond donors (Lipinski definition) is 2. The molecule has 4 rings (SSSR count). The molecule has 6 heteroatoms. The van der Waals surface area contributed by atoms with E-state index in [-0.39, 0.29) is 11.8 Å². The molecule has 164 valence electrons. The standard InChI is InChI=1S/C26H26N2O4/c1-16(29)27-26(28-17(2)30)14-13-21-19(15-26)10-12-23(32-4)25(21)24-20-8-6-5-7-18(20)9-11-22(24)31-3/h5-14H,15H2,1-4H3,(H,27,29)(H,28,30). The van der Waals surface area contributed by atoms with Gasteiger partial charge in [0.2, 0.25) is 11.8 Å². The lowest BCUT2D eigenvalue weighted by Crippen LogP contribution is -2.60. The highest BCUT2D eigenvalue weighted by molar-refractivity contribution is 6.03. The summed E-state index contributed by atoms with van der Waals surface area (Å²) in [6, 6.07) is 16.0. The maximum Gasteiger partial charge on any atom is 0.218 e. The second-order valence-electron chi connectivity index (χ2n) is 7.92. The van der Waals surface area contributed by atoms with E-state index < -0.39 is 5.66 Å². The maximum atomic E-state index is 11.9. The van der Waals surface area contributed by atoms with Crippen molar-refractivity contribution in [3.63, 3.8) is 0 Å². The number of fused-ring (bicyclic) bond motifs is 2. The lowest BCUT2D eigenvalue weighted by molar-refractivity contribution is -0.123. The summed E-state index contributed by atoms with van der Waals surface area (Å²) in [7, 11) is 3.30. The minimum atomic E-state index is -0.987. The number of hydrogen-bond acceptors (Lipinski definition) is 4. The van der Waals surface area contributed by atoms with Crippen LogP contribution in [0.25, 0.3) is 28.0 Å². The third-order valence-corrected chi connectivity index (χ3v) is 5.68. The van der Waals surface area contributed by atoms with E-state index in [9.17, 15) is 9.59 Å². The fraction of sp³-hybridized carbons (Fsp3) is 0.231. The lowest BCUT2D eigenvalue weighted by Gasteiger charge is -2.36. The molecule has 0 saturated heterocycles. The van der Waals surface area contributed by atoms with Crippen LogP contribution in [0.1, 0.15) is 25.0 Å². The molecule has 2 N–H and O–H groups in total. The van der Waals surface area contributed by atoms with Gasteiger partial charge in [0.15, 0.2) is 0 Å². The maximum absolute atomic E-state index is 11.9. The van der Waals surface area contributed by atoms with Crippen LogP contribution in [0.3, 0.4) is 0 Å². The Balaban J connectivity index is 1.98. The van der Waals surface area contributed by atoms with E-state index >= 15 is 0 Å². The Bertz CT molecular complexity index is 1230. The van der Waals surface area contributed by atoms with Crippen LogP contribution in [-0.4, -0.2) is 31.7 Å². The van der Waals surface area contributed by atoms with Crippen molar-refractivity contribution in [3.8, 4) is 22.6 Å². The Morgan fingerprint density at radius 3 is 2.12 bits per heavy atom. The van der Waals surface area contributed by atoms with Crippen molar-refractivity contribution in [1.29, 1.82) is 0 Å². The van der Waals surface area contributed by atoms with Gasteiger partial charge in [0, 0.05) is 31.4 Å². The number of benzene rings is 3. The largest absolute Gasteiger partial charge is 0.496 e. The van der Waals surface area contributed by atoms with E-state index in [1.165, 1.54) is 13.8 Å². The second kappa shape index (κ2) is 8.38. The molecule has 2 amide bonds. The lowest BCUT2D eigenvalue weighted by atomic mass is 9.83. The highest BCUT2D eigenvalue weighted by Gasteiger charge is 2.34. The summed E-state index contributed by atoms with van der Waals surface area (Å²) < 4.78 is 11.5. The molecule has 3 aromatic rings. The highest BCUT2D eigenvalue weighted by Crippen LogP contribution is 2.46. The summed E-state index contributed by atoms with van der Waals surface area (Å²) in [6.45, 7) is 2.88. The molecule has 32 heavy (non-hydrogen) atoms. The van der Waals surface area contributed by atoms with Gasteiger partial charge < -0.3 is 20.1 Å². The smallest absolute Gasteiger partial charge is 0.218 e. The summed E-state index contributed by atoms with van der Waals surface area (Å²) in [5.41, 5.74) is 2.80. The average molecular weight is 431 g/mol. The normalized spacial score (nSPS) is 13.9. The SMILES string of the molecule is COc1ccc2c(c1-c1c(OC)ccc3ccccc13)C=CC(NC(C)=O)(NC(C)=O)C2. The van der Waals surface area contributed by atoms with Gasteiger partial charge in [-0.25, -0.2) is 0 Å². The van der Waals surface area contributed by atoms with Crippen LogP contribution in [0.15, 0.2) is 54.6 Å². The van der Waals surface area contributed by atoms with Gasteiger partial charge in [-0.1, -0.05) is 42.5 Å². The van der Waals surface area contributed by atoms with E-state index in [2.05, 4.69) is 22.8 Å². The first-order chi connectivity index (χ1) is 15.4. The van der Waals surface area contributed by atoms with Crippen LogP contribution < -0.4 is 20.1 Å². The topological polar surface area (TPSA) is 76.7 Å². The minimum absolute atomic E-state index is 0.226. The van der Waals surface area contributed by atoms with Crippen molar-refractivity contribution in [2.24, 2.45) is 0 Å². The third-order valence-electron chi connectivity index (χ3n) is 5.68. The molecule has 0 aromatic heterocycles. The van der Waals surface area contributed by atoms with Gasteiger partial charge >= 0.3 is 0 Å². The first-order valence-corrected chi connectivity index (χ1v) is 10.4. The zero-order valence-corrected chi connectivity index (χ0v) is 18.6. The molecular formula is C26H26N2O4. The summed E-state index contributed by atoms with van der Waals surface area (Å²) in [5.74, 6) is 1.01. The number of nitrogens with one attached hydrogen (secondary N) is 2. The minimum Gasteiger partial charge on any atom is -0.496 e. The van der Waals surface area contributed by atoms with Crippen molar-refractivity contribution < 1.29 is 19.1 Å². The van der Waals surface area contributed by atoms with Crippen molar-refractivity contribution in [2.75, 3.05) is 14.2 Å². The molecule has 1 aliphatic carbocycles. The molecule has 0 bridgehead atoms. The van der Waals surface area contributed by atoms with Gasteiger partial charge in [-0.05, 0) is 40.1 Å². The van der Waals surface area contributed by atoms with Crippen LogP contribution in [-0.2, 0) is 16.0 Å². The number of amides is 2. The first kappa shape index (κ1) is 21.4. The zero-order chi connectivity index (χ0) is 22.9. The van der Waals surface area contributed by atoms with E-state index in [1.807, 2.05) is 48.6 Å². The van der Waals surface area contributed by atoms with Gasteiger partial charge in [-0.2, -0.15) is 0 Å². The molecule has 6 nitrogen and oxygen atoms in total. The van der Waals surface area contributed by atoms with Crippen LogP contribution in [0.4, 0.5) is 0 Å². The van der Waals surface area contributed by atoms with Crippen molar-refractivity contribution in [3.05, 3.63) is 65.7 Å². The van der Waals surface area contributed by atoms with E-state index in [4.69, 9.17) is 9.47 Å². The predicted octanol–water partition coefficient (Wildman–Crippen LogP) is 4.06. The van der Waals surface area contributed by atoms with Gasteiger partial charge in [-0.15, -0.1) is 0 Å². The van der Waals surface area contributed by atoms with Crippen LogP contribution >= 0.6 is 0 Å². The monoisotopic (exact) mass is 430 g/mol. The van der Waals surface area contributed by atoms with E-state index in [1.54, 1.807) is 14.2 Å². The first-order valence-electron chi connectivity index (χ1n) is 10.4. The van der Waals surface area contributed by atoms with Crippen molar-refractivity contribution in [2.45, 2.75) is 25.9 Å². The van der Waals surface area contributed by atoms with Crippen LogP contribution in [0.5, 0.6) is 11.5 Å². The zero-order valence-electron chi connectivity index (χ0n) is 18.6. The highest BCUT2D eigenvalue weighted by atomic mass is 16.5. The quantitative estimate of drug-likeness (QED) is 0.599. The summed E-state index contributed by atoms with van der Waals surface area (Å²) >= 11 is 0. The van der Waals surface area contributed by atoms with Crippen molar-refractivity contribution >= 4 is 28.7 Å². The molecule has 3 aromatic carbocycles. The Labute approximate surface area is 187 Å². The molecule has 0 atom stereocenters. The van der Waals surface area contributed by atoms with Crippen LogP contribution in [0.2, 0.25) is 0 Å². The molecule has 0 heterocycles. The summed E-state index contributed by atoms with van der Waals surface area (Å²) in [6.07, 6.45) is 4.17. The van der Waals surface area contributed by atoms with Gasteiger partial charge in [-0.3, -0.25) is 9.59 Å². The molecule has 0 aliphatic heterocycles. The van der Waals surface area contributed by atoms with E-state index in [0.29, 0.717) is 6.42 Å². The number of ether oxygens (including phenoxy) is 2. The molecule has 0 unspecified atom stereocenters. The third kappa shape index (κ3) is 3.80. The van der Waals surface area contributed by atoms with Gasteiger partial charge in [0.25, 0.3) is 0 Å². The van der Waals surface area contributed by atoms with Crippen LogP contribution in [0, 0.1) is 0 Å². The fourth-order valence-corrected chi connectivity index (χ4v) is 4.51. The second-order valence-corrected chi connectivity index (χ2v) is 7.92. The predicted molar refractivity (Wildman–Crippen MR) is 126 cm³/mol. The van der Waals surface area contributed by atoms with E-state index in [0.717, 1.165) is 44.5 Å². The Morgan fingerprint density at radius 2 is 1.47 bits per heavy atom. The molecule has 0 radical (unpaired) electrons. The molecule has 0 spiro atoms. The number of carbonyl (C=O) groups excluding carboxylic acids is 2. The number of rotatable bonds is 5. The summed E-state index contributed by atoms with van der Waals surface area (Å²) in [5, 5.41) is 7.93. The fourth-order valence-electron chi connectivity index (χ4n) is 4.51. The number of carbonyl (C=O) groups is 2. The molecule has 1 aliphatic rings. The molecule has 0 saturated carbocycles. The average Bonchev–Trinajstić information content (AvgIpc) is 2.76. The summed E-state index contributed by atoms with van der Waals surface area (Å²) in [4.78, 5) is 23.8. The Morgan fingerprint density at radius 1 is 0.844 bits per heavy atom. The Kier molecular flexibility index (Phi) is 5.61. The number of methoxy groups -OCH3 is 2.